The third-order valence-electron chi connectivity index (χ3n) is 2.49. The Morgan fingerprint density at radius 1 is 1.28 bits per heavy atom. The molecule has 2 aromatic rings. The van der Waals surface area contributed by atoms with Crippen LogP contribution in [0.25, 0.3) is 5.69 Å². The Kier molecular flexibility index (Phi) is 2.80. The van der Waals surface area contributed by atoms with Crippen LogP contribution >= 0.6 is 0 Å². The molecular weight excluding hydrogens is 236 g/mol. The fraction of sp³-hybridized carbons (Fsp3) is 0.0909. The quantitative estimate of drug-likeness (QED) is 0.812. The molecule has 1 aromatic carbocycles. The van der Waals surface area contributed by atoms with Gasteiger partial charge in [-0.05, 0) is 31.2 Å². The third-order valence-corrected chi connectivity index (χ3v) is 2.49. The molecule has 0 fully saturated rings. The molecule has 0 unspecified atom stereocenters. The van der Waals surface area contributed by atoms with Crippen molar-refractivity contribution in [2.75, 3.05) is 0 Å². The molecule has 1 aromatic heterocycles. The normalized spacial score (nSPS) is 10.3. The van der Waals surface area contributed by atoms with Crippen molar-refractivity contribution in [3.63, 3.8) is 0 Å². The van der Waals surface area contributed by atoms with Gasteiger partial charge in [-0.1, -0.05) is 5.21 Å². The summed E-state index contributed by atoms with van der Waals surface area (Å²) >= 11 is 0. The van der Waals surface area contributed by atoms with Gasteiger partial charge in [-0.25, -0.2) is 9.48 Å². The van der Waals surface area contributed by atoms with Crippen molar-refractivity contribution < 1.29 is 14.7 Å². The number of carboxylic acids is 1. The van der Waals surface area contributed by atoms with Gasteiger partial charge in [-0.3, -0.25) is 4.79 Å². The van der Waals surface area contributed by atoms with Crippen LogP contribution in [0.1, 0.15) is 26.5 Å². The van der Waals surface area contributed by atoms with Crippen LogP contribution in [0.3, 0.4) is 0 Å². The largest absolute Gasteiger partial charge is 0.478 e. The SMILES string of the molecule is Cc1c(C(N)=O)nnn1-c1ccc(C(=O)O)cc1. The van der Waals surface area contributed by atoms with Crippen LogP contribution in [-0.4, -0.2) is 32.0 Å². The van der Waals surface area contributed by atoms with E-state index in [9.17, 15) is 9.59 Å². The number of carbonyl (C=O) groups is 2. The summed E-state index contributed by atoms with van der Waals surface area (Å²) in [7, 11) is 0. The summed E-state index contributed by atoms with van der Waals surface area (Å²) in [6.07, 6.45) is 0. The van der Waals surface area contributed by atoms with Gasteiger partial charge in [0, 0.05) is 0 Å². The Morgan fingerprint density at radius 3 is 2.33 bits per heavy atom. The molecule has 3 N–H and O–H groups in total. The lowest BCUT2D eigenvalue weighted by molar-refractivity contribution is 0.0696. The van der Waals surface area contributed by atoms with Crippen molar-refractivity contribution in [3.8, 4) is 5.69 Å². The van der Waals surface area contributed by atoms with E-state index < -0.39 is 11.9 Å². The van der Waals surface area contributed by atoms with Crippen LogP contribution in [0.2, 0.25) is 0 Å². The standard InChI is InChI=1S/C11H10N4O3/c1-6-9(10(12)16)13-14-15(6)8-4-2-7(3-5-8)11(17)18/h2-5H,1H3,(H2,12,16)(H,17,18). The summed E-state index contributed by atoms with van der Waals surface area (Å²) in [5.74, 6) is -1.66. The van der Waals surface area contributed by atoms with E-state index in [0.29, 0.717) is 11.4 Å². The average molecular weight is 246 g/mol. The number of hydrogen-bond acceptors (Lipinski definition) is 4. The predicted molar refractivity (Wildman–Crippen MR) is 61.6 cm³/mol. The van der Waals surface area contributed by atoms with Gasteiger partial charge in [-0.15, -0.1) is 5.10 Å². The maximum Gasteiger partial charge on any atom is 0.335 e. The molecule has 0 radical (unpaired) electrons. The van der Waals surface area contributed by atoms with Crippen molar-refractivity contribution in [3.05, 3.63) is 41.2 Å². The third kappa shape index (κ3) is 1.93. The van der Waals surface area contributed by atoms with Gasteiger partial charge in [0.25, 0.3) is 5.91 Å². The maximum atomic E-state index is 11.0. The molecule has 0 atom stereocenters. The number of carboxylic acid groups (broad SMARTS) is 1. The molecule has 0 saturated heterocycles. The molecule has 0 aliphatic carbocycles. The van der Waals surface area contributed by atoms with E-state index in [-0.39, 0.29) is 11.3 Å². The average Bonchev–Trinajstić information content (AvgIpc) is 2.71. The zero-order chi connectivity index (χ0) is 13.3. The van der Waals surface area contributed by atoms with Crippen molar-refractivity contribution >= 4 is 11.9 Å². The van der Waals surface area contributed by atoms with E-state index in [2.05, 4.69) is 10.3 Å². The number of amides is 1. The molecule has 2 rings (SSSR count). The van der Waals surface area contributed by atoms with Gasteiger partial charge in [0.05, 0.1) is 16.9 Å². The highest BCUT2D eigenvalue weighted by atomic mass is 16.4. The first kappa shape index (κ1) is 11.8. The summed E-state index contributed by atoms with van der Waals surface area (Å²) in [4.78, 5) is 21.8. The lowest BCUT2D eigenvalue weighted by Crippen LogP contribution is -2.13. The number of primary amides is 1. The van der Waals surface area contributed by atoms with E-state index in [1.165, 1.54) is 16.8 Å². The Bertz CT molecular complexity index is 616. The molecule has 0 aliphatic rings. The number of nitrogens with two attached hydrogens (primary N) is 1. The van der Waals surface area contributed by atoms with Crippen molar-refractivity contribution in [2.45, 2.75) is 6.92 Å². The second kappa shape index (κ2) is 4.28. The topological polar surface area (TPSA) is 111 Å². The Hall–Kier alpha value is -2.70. The molecule has 18 heavy (non-hydrogen) atoms. The molecular formula is C11H10N4O3. The van der Waals surface area contributed by atoms with Gasteiger partial charge in [-0.2, -0.15) is 0 Å². The van der Waals surface area contributed by atoms with Crippen molar-refractivity contribution in [2.24, 2.45) is 5.73 Å². The number of hydrogen-bond donors (Lipinski definition) is 2. The predicted octanol–water partition coefficient (Wildman–Crippen LogP) is 0.373. The summed E-state index contributed by atoms with van der Waals surface area (Å²) in [6.45, 7) is 1.66. The highest BCUT2D eigenvalue weighted by Crippen LogP contribution is 2.13. The summed E-state index contributed by atoms with van der Waals surface area (Å²) in [5, 5.41) is 16.3. The van der Waals surface area contributed by atoms with Crippen LogP contribution in [0.4, 0.5) is 0 Å². The van der Waals surface area contributed by atoms with Crippen LogP contribution in [0.5, 0.6) is 0 Å². The molecule has 1 heterocycles. The van der Waals surface area contributed by atoms with E-state index in [0.717, 1.165) is 0 Å². The van der Waals surface area contributed by atoms with Crippen LogP contribution in [-0.2, 0) is 0 Å². The lowest BCUT2D eigenvalue weighted by atomic mass is 10.2. The van der Waals surface area contributed by atoms with Crippen LogP contribution < -0.4 is 5.73 Å². The molecule has 92 valence electrons. The highest BCUT2D eigenvalue weighted by Gasteiger charge is 2.14. The first-order valence-corrected chi connectivity index (χ1v) is 5.06. The van der Waals surface area contributed by atoms with Crippen molar-refractivity contribution in [1.29, 1.82) is 0 Å². The van der Waals surface area contributed by atoms with Gasteiger partial charge >= 0.3 is 5.97 Å². The van der Waals surface area contributed by atoms with E-state index in [1.54, 1.807) is 19.1 Å². The minimum absolute atomic E-state index is 0.0947. The number of aromatic carboxylic acids is 1. The molecule has 0 spiro atoms. The molecule has 0 bridgehead atoms. The zero-order valence-corrected chi connectivity index (χ0v) is 9.49. The Balaban J connectivity index is 2.43. The van der Waals surface area contributed by atoms with Crippen molar-refractivity contribution in [1.82, 2.24) is 15.0 Å². The number of carbonyl (C=O) groups excluding carboxylic acids is 1. The summed E-state index contributed by atoms with van der Waals surface area (Å²) in [6, 6.07) is 6.05. The Labute approximate surface area is 102 Å². The van der Waals surface area contributed by atoms with E-state index in [4.69, 9.17) is 10.8 Å². The summed E-state index contributed by atoms with van der Waals surface area (Å²) < 4.78 is 1.42. The molecule has 1 amide bonds. The smallest absolute Gasteiger partial charge is 0.335 e. The number of aromatic nitrogens is 3. The first-order chi connectivity index (χ1) is 8.50. The second-order valence-electron chi connectivity index (χ2n) is 3.65. The minimum atomic E-state index is -1.00. The summed E-state index contributed by atoms with van der Waals surface area (Å²) in [5.41, 5.74) is 6.52. The van der Waals surface area contributed by atoms with E-state index in [1.807, 2.05) is 0 Å². The lowest BCUT2D eigenvalue weighted by Gasteiger charge is -2.03. The zero-order valence-electron chi connectivity index (χ0n) is 9.49. The fourth-order valence-electron chi connectivity index (χ4n) is 1.55. The monoisotopic (exact) mass is 246 g/mol. The number of rotatable bonds is 3. The van der Waals surface area contributed by atoms with Crippen LogP contribution in [0.15, 0.2) is 24.3 Å². The minimum Gasteiger partial charge on any atom is -0.478 e. The van der Waals surface area contributed by atoms with E-state index >= 15 is 0 Å². The first-order valence-electron chi connectivity index (χ1n) is 5.06. The maximum absolute atomic E-state index is 11.0. The van der Waals surface area contributed by atoms with Gasteiger partial charge < -0.3 is 10.8 Å². The molecule has 7 nitrogen and oxygen atoms in total. The highest BCUT2D eigenvalue weighted by molar-refractivity contribution is 5.91. The van der Waals surface area contributed by atoms with Gasteiger partial charge in [0.2, 0.25) is 0 Å². The molecule has 0 aliphatic heterocycles. The fourth-order valence-corrected chi connectivity index (χ4v) is 1.55. The van der Waals surface area contributed by atoms with Gasteiger partial charge in [0.1, 0.15) is 0 Å². The number of benzene rings is 1. The Morgan fingerprint density at radius 2 is 1.89 bits per heavy atom. The number of nitrogens with zero attached hydrogens (tertiary/aromatic N) is 3. The molecule has 0 saturated carbocycles. The molecule has 7 heteroatoms. The van der Waals surface area contributed by atoms with Gasteiger partial charge in [0.15, 0.2) is 5.69 Å². The second-order valence-corrected chi connectivity index (χ2v) is 3.65. The van der Waals surface area contributed by atoms with Crippen LogP contribution in [0, 0.1) is 6.92 Å².